The van der Waals surface area contributed by atoms with Gasteiger partial charge in [0.05, 0.1) is 23.1 Å². The molecule has 1 amide bonds. The van der Waals surface area contributed by atoms with Crippen LogP contribution >= 0.6 is 11.3 Å². The number of methoxy groups -OCH3 is 1. The molecule has 4 aromatic rings. The maximum Gasteiger partial charge on any atom is 0.332 e. The van der Waals surface area contributed by atoms with Gasteiger partial charge in [0.1, 0.15) is 16.5 Å². The summed E-state index contributed by atoms with van der Waals surface area (Å²) in [6.45, 7) is 0.241. The molecule has 9 nitrogen and oxygen atoms in total. The summed E-state index contributed by atoms with van der Waals surface area (Å²) in [7, 11) is -0.811. The highest BCUT2D eigenvalue weighted by atomic mass is 32.2. The Morgan fingerprint density at radius 1 is 1.03 bits per heavy atom. The summed E-state index contributed by atoms with van der Waals surface area (Å²) in [4.78, 5) is 39.2. The minimum absolute atomic E-state index is 0.110. The number of fused-ring (bicyclic) bond motifs is 1. The van der Waals surface area contributed by atoms with Gasteiger partial charge in [0.25, 0.3) is 11.5 Å². The van der Waals surface area contributed by atoms with Gasteiger partial charge in [0.15, 0.2) is 9.84 Å². The first kappa shape index (κ1) is 24.4. The molecular formula is C24H23N3O6S2. The van der Waals surface area contributed by atoms with E-state index in [2.05, 4.69) is 5.32 Å². The van der Waals surface area contributed by atoms with Crippen LogP contribution in [0.25, 0.3) is 10.2 Å². The number of ether oxygens (including phenoxy) is 1. The molecule has 182 valence electrons. The van der Waals surface area contributed by atoms with Crippen LogP contribution in [0.15, 0.2) is 70.3 Å². The molecule has 2 heterocycles. The molecule has 2 aromatic carbocycles. The van der Waals surface area contributed by atoms with Crippen molar-refractivity contribution in [2.75, 3.05) is 7.11 Å². The molecule has 0 aliphatic carbocycles. The molecule has 0 saturated heterocycles. The minimum atomic E-state index is -3.81. The normalized spacial score (nSPS) is 11.5. The number of rotatable bonds is 8. The van der Waals surface area contributed by atoms with Gasteiger partial charge in [0.2, 0.25) is 0 Å². The molecule has 0 aliphatic rings. The topological polar surface area (TPSA) is 116 Å². The Kier molecular flexibility index (Phi) is 6.90. The Bertz CT molecular complexity index is 1620. The Balaban J connectivity index is 1.61. The van der Waals surface area contributed by atoms with Crippen LogP contribution in [0.2, 0.25) is 0 Å². The number of hydrogen-bond acceptors (Lipinski definition) is 7. The van der Waals surface area contributed by atoms with E-state index in [1.54, 1.807) is 49.6 Å². The predicted octanol–water partition coefficient (Wildman–Crippen LogP) is 2.27. The second-order valence-corrected chi connectivity index (χ2v) is 11.0. The molecule has 0 saturated carbocycles. The third-order valence-electron chi connectivity index (χ3n) is 5.38. The van der Waals surface area contributed by atoms with Crippen molar-refractivity contribution in [1.29, 1.82) is 0 Å². The summed E-state index contributed by atoms with van der Waals surface area (Å²) in [5.41, 5.74) is -0.117. The molecule has 0 atom stereocenters. The Hall–Kier alpha value is -3.70. The number of carbonyl (C=O) groups excluding carboxylic acids is 1. The fraction of sp³-hybridized carbons (Fsp3) is 0.208. The van der Waals surface area contributed by atoms with Crippen molar-refractivity contribution >= 4 is 37.3 Å². The van der Waals surface area contributed by atoms with E-state index in [1.165, 1.54) is 17.7 Å². The third-order valence-corrected chi connectivity index (χ3v) is 8.01. The van der Waals surface area contributed by atoms with Gasteiger partial charge in [-0.1, -0.05) is 42.5 Å². The number of amides is 1. The lowest BCUT2D eigenvalue weighted by atomic mass is 10.2. The first-order chi connectivity index (χ1) is 16.7. The van der Waals surface area contributed by atoms with Gasteiger partial charge in [-0.3, -0.25) is 14.2 Å². The second kappa shape index (κ2) is 9.88. The molecule has 0 aliphatic heterocycles. The zero-order valence-corrected chi connectivity index (χ0v) is 20.7. The molecule has 1 N–H and O–H groups in total. The van der Waals surface area contributed by atoms with Gasteiger partial charge in [-0.25, -0.2) is 17.8 Å². The van der Waals surface area contributed by atoms with Crippen molar-refractivity contribution in [3.8, 4) is 5.75 Å². The Morgan fingerprint density at radius 2 is 1.74 bits per heavy atom. The van der Waals surface area contributed by atoms with E-state index in [4.69, 9.17) is 4.74 Å². The lowest BCUT2D eigenvalue weighted by Gasteiger charge is -2.09. The van der Waals surface area contributed by atoms with Crippen molar-refractivity contribution in [3.63, 3.8) is 0 Å². The molecule has 35 heavy (non-hydrogen) atoms. The van der Waals surface area contributed by atoms with E-state index < -0.39 is 32.9 Å². The lowest BCUT2D eigenvalue weighted by Crippen LogP contribution is -2.40. The molecule has 0 unspecified atom stereocenters. The molecule has 0 spiro atoms. The predicted molar refractivity (Wildman–Crippen MR) is 135 cm³/mol. The number of benzene rings is 2. The van der Waals surface area contributed by atoms with Crippen molar-refractivity contribution in [3.05, 3.63) is 97.5 Å². The van der Waals surface area contributed by atoms with Crippen molar-refractivity contribution < 1.29 is 17.9 Å². The van der Waals surface area contributed by atoms with Crippen LogP contribution in [0.4, 0.5) is 0 Å². The molecular weight excluding hydrogens is 490 g/mol. The van der Waals surface area contributed by atoms with Crippen LogP contribution in [0.1, 0.15) is 20.8 Å². The zero-order chi connectivity index (χ0) is 25.2. The van der Waals surface area contributed by atoms with E-state index in [1.807, 2.05) is 12.1 Å². The summed E-state index contributed by atoms with van der Waals surface area (Å²) < 4.78 is 32.5. The number of nitrogens with zero attached hydrogens (tertiary/aromatic N) is 2. The molecule has 2 aromatic heterocycles. The number of sulfone groups is 1. The zero-order valence-electron chi connectivity index (χ0n) is 19.1. The number of nitrogens with one attached hydrogen (secondary N) is 1. The standard InChI is InChI=1S/C24H23N3O6S2/c1-26-23-19(12-20(34-23)21(28)25-13-17-9-6-10-18(11-17)33-2)22(29)27(24(26)30)15-35(31,32)14-16-7-4-3-5-8-16/h3-12H,13-15H2,1-2H3,(H,25,28). The van der Waals surface area contributed by atoms with Crippen molar-refractivity contribution in [1.82, 2.24) is 14.5 Å². The summed E-state index contributed by atoms with van der Waals surface area (Å²) in [5, 5.41) is 2.89. The second-order valence-electron chi connectivity index (χ2n) is 7.94. The van der Waals surface area contributed by atoms with Gasteiger partial charge in [0, 0.05) is 13.6 Å². The largest absolute Gasteiger partial charge is 0.497 e. The van der Waals surface area contributed by atoms with E-state index in [0.29, 0.717) is 20.7 Å². The van der Waals surface area contributed by atoms with Crippen LogP contribution in [-0.2, 0) is 35.1 Å². The molecule has 0 bridgehead atoms. The SMILES string of the molecule is COc1cccc(CNC(=O)c2cc3c(=O)n(CS(=O)(=O)Cc4ccccc4)c(=O)n(C)c3s2)c1. The molecule has 0 radical (unpaired) electrons. The summed E-state index contributed by atoms with van der Waals surface area (Å²) >= 11 is 0.996. The Labute approximate surface area is 205 Å². The monoisotopic (exact) mass is 513 g/mol. The van der Waals surface area contributed by atoms with Gasteiger partial charge in [-0.2, -0.15) is 0 Å². The number of aromatic nitrogens is 2. The van der Waals surface area contributed by atoms with Crippen molar-refractivity contribution in [2.45, 2.75) is 18.2 Å². The lowest BCUT2D eigenvalue weighted by molar-refractivity contribution is 0.0955. The maximum atomic E-state index is 13.1. The summed E-state index contributed by atoms with van der Waals surface area (Å²) in [6.07, 6.45) is 0. The van der Waals surface area contributed by atoms with E-state index >= 15 is 0 Å². The van der Waals surface area contributed by atoms with E-state index in [9.17, 15) is 22.8 Å². The Morgan fingerprint density at radius 3 is 2.46 bits per heavy atom. The third kappa shape index (κ3) is 5.36. The van der Waals surface area contributed by atoms with E-state index in [0.717, 1.165) is 16.9 Å². The van der Waals surface area contributed by atoms with Gasteiger partial charge in [-0.15, -0.1) is 11.3 Å². The van der Waals surface area contributed by atoms with Gasteiger partial charge >= 0.3 is 5.69 Å². The fourth-order valence-electron chi connectivity index (χ4n) is 3.63. The molecule has 4 rings (SSSR count). The minimum Gasteiger partial charge on any atom is -0.497 e. The number of carbonyl (C=O) groups is 1. The van der Waals surface area contributed by atoms with Crippen LogP contribution in [0.3, 0.4) is 0 Å². The first-order valence-corrected chi connectivity index (χ1v) is 13.2. The quantitative estimate of drug-likeness (QED) is 0.386. The summed E-state index contributed by atoms with van der Waals surface area (Å²) in [6, 6.07) is 17.2. The summed E-state index contributed by atoms with van der Waals surface area (Å²) in [5.74, 6) is -0.805. The van der Waals surface area contributed by atoms with Crippen LogP contribution in [0.5, 0.6) is 5.75 Å². The molecule has 0 fully saturated rings. The average molecular weight is 514 g/mol. The van der Waals surface area contributed by atoms with E-state index in [-0.39, 0.29) is 22.6 Å². The number of aryl methyl sites for hydroxylation is 1. The van der Waals surface area contributed by atoms with Crippen molar-refractivity contribution in [2.24, 2.45) is 7.05 Å². The average Bonchev–Trinajstić information content (AvgIpc) is 3.30. The first-order valence-electron chi connectivity index (χ1n) is 10.6. The van der Waals surface area contributed by atoms with Crippen LogP contribution in [0, 0.1) is 0 Å². The van der Waals surface area contributed by atoms with Gasteiger partial charge < -0.3 is 10.1 Å². The fourth-order valence-corrected chi connectivity index (χ4v) is 6.07. The molecule has 11 heteroatoms. The number of thiophene rings is 1. The van der Waals surface area contributed by atoms with Crippen LogP contribution < -0.4 is 21.3 Å². The smallest absolute Gasteiger partial charge is 0.332 e. The highest BCUT2D eigenvalue weighted by molar-refractivity contribution is 7.89. The maximum absolute atomic E-state index is 13.1. The highest BCUT2D eigenvalue weighted by Crippen LogP contribution is 2.22. The van der Waals surface area contributed by atoms with Crippen LogP contribution in [-0.4, -0.2) is 30.6 Å². The number of hydrogen-bond donors (Lipinski definition) is 1. The highest BCUT2D eigenvalue weighted by Gasteiger charge is 2.21. The van der Waals surface area contributed by atoms with Gasteiger partial charge in [-0.05, 0) is 29.3 Å².